The fourth-order valence-corrected chi connectivity index (χ4v) is 1.69. The van der Waals surface area contributed by atoms with Crippen LogP contribution in [0, 0.1) is 0 Å². The van der Waals surface area contributed by atoms with E-state index in [1.54, 1.807) is 0 Å². The van der Waals surface area contributed by atoms with E-state index in [4.69, 9.17) is 5.14 Å². The third-order valence-corrected chi connectivity index (χ3v) is 3.00. The molecule has 0 fully saturated rings. The fraction of sp³-hybridized carbons (Fsp3) is 0.222. The number of nitrogens with one attached hydrogen (secondary N) is 1. The number of hydrogen-bond acceptors (Lipinski definition) is 4. The van der Waals surface area contributed by atoms with Gasteiger partial charge < -0.3 is 5.32 Å². The van der Waals surface area contributed by atoms with Gasteiger partial charge in [0.05, 0.1) is 4.90 Å². The van der Waals surface area contributed by atoms with Crippen molar-refractivity contribution < 1.29 is 13.2 Å². The van der Waals surface area contributed by atoms with Crippen LogP contribution in [0.5, 0.6) is 0 Å². The maximum absolute atomic E-state index is 11.4. The first kappa shape index (κ1) is 13.0. The van der Waals surface area contributed by atoms with Gasteiger partial charge in [0.25, 0.3) is 5.91 Å². The highest BCUT2D eigenvalue weighted by Crippen LogP contribution is 2.08. The standard InChI is InChI=1S/C9H12N2O3S2/c10-16(13,14)8-3-1-7(2-4-8)9(12)11-5-6-15/h1-4,15H,5-6H2,(H,11,12)(H2,10,13,14). The summed E-state index contributed by atoms with van der Waals surface area (Å²) in [5, 5.41) is 7.54. The maximum atomic E-state index is 11.4. The Morgan fingerprint density at radius 2 is 1.88 bits per heavy atom. The Hall–Kier alpha value is -1.05. The van der Waals surface area contributed by atoms with Crippen LogP contribution in [0.1, 0.15) is 10.4 Å². The van der Waals surface area contributed by atoms with E-state index < -0.39 is 10.0 Å². The van der Waals surface area contributed by atoms with E-state index in [-0.39, 0.29) is 10.8 Å². The van der Waals surface area contributed by atoms with Crippen molar-refractivity contribution in [2.75, 3.05) is 12.3 Å². The molecule has 1 aromatic carbocycles. The number of sulfonamides is 1. The third-order valence-electron chi connectivity index (χ3n) is 1.84. The molecular formula is C9H12N2O3S2. The molecule has 0 aliphatic rings. The Balaban J connectivity index is 2.83. The van der Waals surface area contributed by atoms with Crippen molar-refractivity contribution in [3.05, 3.63) is 29.8 Å². The van der Waals surface area contributed by atoms with Gasteiger partial charge in [0, 0.05) is 17.9 Å². The first-order chi connectivity index (χ1) is 7.45. The lowest BCUT2D eigenvalue weighted by Gasteiger charge is -2.03. The van der Waals surface area contributed by atoms with Crippen LogP contribution < -0.4 is 10.5 Å². The van der Waals surface area contributed by atoms with Gasteiger partial charge >= 0.3 is 0 Å². The minimum Gasteiger partial charge on any atom is -0.351 e. The number of carbonyl (C=O) groups is 1. The molecule has 0 unspecified atom stereocenters. The molecule has 0 radical (unpaired) electrons. The van der Waals surface area contributed by atoms with Crippen LogP contribution in [-0.4, -0.2) is 26.6 Å². The molecule has 88 valence electrons. The number of primary sulfonamides is 1. The van der Waals surface area contributed by atoms with Crippen LogP contribution in [0.25, 0.3) is 0 Å². The summed E-state index contributed by atoms with van der Waals surface area (Å²) >= 11 is 3.95. The smallest absolute Gasteiger partial charge is 0.251 e. The van der Waals surface area contributed by atoms with Crippen molar-refractivity contribution in [1.82, 2.24) is 5.32 Å². The maximum Gasteiger partial charge on any atom is 0.251 e. The predicted octanol–water partition coefficient (Wildman–Crippen LogP) is -0.00640. The van der Waals surface area contributed by atoms with Gasteiger partial charge in [0.1, 0.15) is 0 Å². The molecule has 7 heteroatoms. The number of carbonyl (C=O) groups excluding carboxylic acids is 1. The summed E-state index contributed by atoms with van der Waals surface area (Å²) in [5.41, 5.74) is 0.384. The average molecular weight is 260 g/mol. The Morgan fingerprint density at radius 1 is 1.31 bits per heavy atom. The minimum atomic E-state index is -3.71. The summed E-state index contributed by atoms with van der Waals surface area (Å²) in [5.74, 6) is 0.274. The van der Waals surface area contributed by atoms with E-state index in [0.717, 1.165) is 0 Å². The van der Waals surface area contributed by atoms with Crippen molar-refractivity contribution in [2.24, 2.45) is 5.14 Å². The highest BCUT2D eigenvalue weighted by atomic mass is 32.2. The molecule has 1 aromatic rings. The number of thiol groups is 1. The molecule has 5 nitrogen and oxygen atoms in total. The summed E-state index contributed by atoms with van der Waals surface area (Å²) in [4.78, 5) is 11.4. The van der Waals surface area contributed by atoms with Gasteiger partial charge in [-0.25, -0.2) is 13.6 Å². The summed E-state index contributed by atoms with van der Waals surface area (Å²) in [7, 11) is -3.71. The zero-order chi connectivity index (χ0) is 12.2. The van der Waals surface area contributed by atoms with Crippen molar-refractivity contribution >= 4 is 28.6 Å². The Kier molecular flexibility index (Phi) is 4.34. The molecule has 1 rings (SSSR count). The molecule has 0 saturated heterocycles. The molecule has 0 bridgehead atoms. The Bertz CT molecular complexity index is 468. The van der Waals surface area contributed by atoms with Crippen LogP contribution in [0.15, 0.2) is 29.2 Å². The van der Waals surface area contributed by atoms with Crippen LogP contribution in [0.3, 0.4) is 0 Å². The zero-order valence-corrected chi connectivity index (χ0v) is 10.1. The van der Waals surface area contributed by atoms with E-state index >= 15 is 0 Å². The van der Waals surface area contributed by atoms with Crippen LogP contribution in [0.2, 0.25) is 0 Å². The van der Waals surface area contributed by atoms with E-state index in [1.165, 1.54) is 24.3 Å². The number of hydrogen-bond donors (Lipinski definition) is 3. The van der Waals surface area contributed by atoms with Gasteiger partial charge in [-0.2, -0.15) is 12.6 Å². The highest BCUT2D eigenvalue weighted by molar-refractivity contribution is 7.89. The summed E-state index contributed by atoms with van der Waals surface area (Å²) in [6, 6.07) is 5.41. The average Bonchev–Trinajstić information content (AvgIpc) is 2.25. The normalized spacial score (nSPS) is 11.1. The molecule has 3 N–H and O–H groups in total. The summed E-state index contributed by atoms with van der Waals surface area (Å²) in [6.45, 7) is 0.457. The van der Waals surface area contributed by atoms with E-state index in [9.17, 15) is 13.2 Å². The third kappa shape index (κ3) is 3.51. The second kappa shape index (κ2) is 5.33. The molecule has 0 aliphatic carbocycles. The quantitative estimate of drug-likeness (QED) is 0.665. The largest absolute Gasteiger partial charge is 0.351 e. The zero-order valence-electron chi connectivity index (χ0n) is 8.38. The van der Waals surface area contributed by atoms with Gasteiger partial charge in [0.2, 0.25) is 10.0 Å². The van der Waals surface area contributed by atoms with E-state index in [0.29, 0.717) is 17.9 Å². The summed E-state index contributed by atoms with van der Waals surface area (Å²) < 4.78 is 21.9. The van der Waals surface area contributed by atoms with Gasteiger partial charge in [0.15, 0.2) is 0 Å². The lowest BCUT2D eigenvalue weighted by Crippen LogP contribution is -2.25. The number of amides is 1. The SMILES string of the molecule is NS(=O)(=O)c1ccc(C(=O)NCCS)cc1. The van der Waals surface area contributed by atoms with Crippen LogP contribution in [-0.2, 0) is 10.0 Å². The Morgan fingerprint density at radius 3 is 2.31 bits per heavy atom. The molecular weight excluding hydrogens is 248 g/mol. The number of nitrogens with two attached hydrogens (primary N) is 1. The van der Waals surface area contributed by atoms with Gasteiger partial charge in [-0.15, -0.1) is 0 Å². The molecule has 1 amide bonds. The molecule has 0 heterocycles. The van der Waals surface area contributed by atoms with E-state index in [2.05, 4.69) is 17.9 Å². The Labute approximate surface area is 99.5 Å². The second-order valence-corrected chi connectivity index (χ2v) is 5.06. The van der Waals surface area contributed by atoms with Crippen molar-refractivity contribution in [1.29, 1.82) is 0 Å². The minimum absolute atomic E-state index is 0.0155. The van der Waals surface area contributed by atoms with Crippen LogP contribution >= 0.6 is 12.6 Å². The van der Waals surface area contributed by atoms with Crippen LogP contribution in [0.4, 0.5) is 0 Å². The first-order valence-electron chi connectivity index (χ1n) is 4.47. The predicted molar refractivity (Wildman–Crippen MR) is 64.0 cm³/mol. The molecule has 0 saturated carbocycles. The van der Waals surface area contributed by atoms with E-state index in [1.807, 2.05) is 0 Å². The van der Waals surface area contributed by atoms with Gasteiger partial charge in [-0.3, -0.25) is 4.79 Å². The molecule has 0 aromatic heterocycles. The monoisotopic (exact) mass is 260 g/mol. The molecule has 0 aliphatic heterocycles. The van der Waals surface area contributed by atoms with Crippen molar-refractivity contribution in [3.63, 3.8) is 0 Å². The summed E-state index contributed by atoms with van der Waals surface area (Å²) in [6.07, 6.45) is 0. The van der Waals surface area contributed by atoms with Gasteiger partial charge in [-0.05, 0) is 24.3 Å². The number of rotatable bonds is 4. The van der Waals surface area contributed by atoms with Crippen molar-refractivity contribution in [2.45, 2.75) is 4.90 Å². The van der Waals surface area contributed by atoms with Crippen molar-refractivity contribution in [3.8, 4) is 0 Å². The lowest BCUT2D eigenvalue weighted by atomic mass is 10.2. The molecule has 16 heavy (non-hydrogen) atoms. The second-order valence-electron chi connectivity index (χ2n) is 3.05. The first-order valence-corrected chi connectivity index (χ1v) is 6.65. The fourth-order valence-electron chi connectivity index (χ4n) is 1.07. The topological polar surface area (TPSA) is 89.3 Å². The van der Waals surface area contributed by atoms with Gasteiger partial charge in [-0.1, -0.05) is 0 Å². The lowest BCUT2D eigenvalue weighted by molar-refractivity contribution is 0.0956. The molecule has 0 atom stereocenters. The highest BCUT2D eigenvalue weighted by Gasteiger charge is 2.09. The molecule has 0 spiro atoms. The number of benzene rings is 1.